The van der Waals surface area contributed by atoms with Gasteiger partial charge in [0.25, 0.3) is 0 Å². The average Bonchev–Trinajstić information content (AvgIpc) is 3.00. The van der Waals surface area contributed by atoms with Crippen LogP contribution in [0.3, 0.4) is 0 Å². The highest BCUT2D eigenvalue weighted by atomic mass is 32.1. The van der Waals surface area contributed by atoms with E-state index in [4.69, 9.17) is 4.74 Å². The molecule has 20 heavy (non-hydrogen) atoms. The van der Waals surface area contributed by atoms with E-state index in [0.717, 1.165) is 29.6 Å². The zero-order valence-electron chi connectivity index (χ0n) is 12.4. The Morgan fingerprint density at radius 3 is 2.90 bits per heavy atom. The van der Waals surface area contributed by atoms with E-state index in [-0.39, 0.29) is 6.10 Å². The summed E-state index contributed by atoms with van der Waals surface area (Å²) in [4.78, 5) is 11.0. The molecule has 0 fully saturated rings. The summed E-state index contributed by atoms with van der Waals surface area (Å²) in [6.45, 7) is 6.30. The first-order valence-corrected chi connectivity index (χ1v) is 7.55. The van der Waals surface area contributed by atoms with Gasteiger partial charge < -0.3 is 4.74 Å². The number of aryl methyl sites for hydroxylation is 1. The Bertz CT molecular complexity index is 538. The number of ether oxygens (including phenoxy) is 1. The summed E-state index contributed by atoms with van der Waals surface area (Å²) in [5.41, 5.74) is 1.07. The maximum absolute atomic E-state index is 5.56. The minimum Gasteiger partial charge on any atom is -0.372 e. The Balaban J connectivity index is 1.91. The fourth-order valence-electron chi connectivity index (χ4n) is 1.94. The highest BCUT2D eigenvalue weighted by molar-refractivity contribution is 7.09. The molecule has 110 valence electrons. The molecule has 0 N–H and O–H groups in total. The van der Waals surface area contributed by atoms with Crippen molar-refractivity contribution in [2.24, 2.45) is 7.05 Å². The van der Waals surface area contributed by atoms with Crippen molar-refractivity contribution in [3.05, 3.63) is 28.2 Å². The van der Waals surface area contributed by atoms with E-state index in [1.54, 1.807) is 22.3 Å². The third kappa shape index (κ3) is 3.84. The van der Waals surface area contributed by atoms with Crippen molar-refractivity contribution in [3.8, 4) is 0 Å². The molecule has 6 nitrogen and oxygen atoms in total. The van der Waals surface area contributed by atoms with Gasteiger partial charge in [0.15, 0.2) is 0 Å². The summed E-state index contributed by atoms with van der Waals surface area (Å²) in [6, 6.07) is 0. The molecule has 0 unspecified atom stereocenters. The van der Waals surface area contributed by atoms with Gasteiger partial charge in [0, 0.05) is 25.6 Å². The summed E-state index contributed by atoms with van der Waals surface area (Å²) in [5, 5.41) is 7.20. The van der Waals surface area contributed by atoms with Crippen molar-refractivity contribution in [1.29, 1.82) is 0 Å². The number of rotatable bonds is 7. The standard InChI is InChI=1S/C13H21N5OS/c1-5-19-10(2)13-16-11(8-20-13)6-17(3)7-12-14-9-15-18(12)4/h8-10H,5-7H2,1-4H3/t10-/m1/s1. The maximum atomic E-state index is 5.56. The maximum Gasteiger partial charge on any atom is 0.140 e. The predicted molar refractivity (Wildman–Crippen MR) is 78.3 cm³/mol. The minimum atomic E-state index is 0.0720. The fourth-order valence-corrected chi connectivity index (χ4v) is 2.75. The van der Waals surface area contributed by atoms with E-state index >= 15 is 0 Å². The third-order valence-electron chi connectivity index (χ3n) is 2.98. The summed E-state index contributed by atoms with van der Waals surface area (Å²) in [6.07, 6.45) is 1.65. The van der Waals surface area contributed by atoms with Crippen LogP contribution in [0.4, 0.5) is 0 Å². The first kappa shape index (κ1) is 15.1. The summed E-state index contributed by atoms with van der Waals surface area (Å²) in [5.74, 6) is 0.950. The van der Waals surface area contributed by atoms with E-state index in [1.165, 1.54) is 0 Å². The molecule has 2 aromatic heterocycles. The average molecular weight is 295 g/mol. The molecule has 0 saturated heterocycles. The second kappa shape index (κ2) is 6.92. The van der Waals surface area contributed by atoms with Crippen molar-refractivity contribution in [1.82, 2.24) is 24.6 Å². The number of hydrogen-bond donors (Lipinski definition) is 0. The van der Waals surface area contributed by atoms with Gasteiger partial charge in [-0.2, -0.15) is 5.10 Å². The lowest BCUT2D eigenvalue weighted by Gasteiger charge is -2.14. The Morgan fingerprint density at radius 1 is 1.45 bits per heavy atom. The molecule has 0 bridgehead atoms. The molecule has 0 radical (unpaired) electrons. The molecule has 0 amide bonds. The van der Waals surface area contributed by atoms with Crippen LogP contribution in [0.2, 0.25) is 0 Å². The Labute approximate surface area is 123 Å². The number of aromatic nitrogens is 4. The molecule has 2 rings (SSSR count). The molecule has 0 aliphatic rings. The summed E-state index contributed by atoms with van der Waals surface area (Å²) in [7, 11) is 3.96. The number of nitrogens with zero attached hydrogens (tertiary/aromatic N) is 5. The van der Waals surface area contributed by atoms with Crippen molar-refractivity contribution in [2.45, 2.75) is 33.0 Å². The van der Waals surface area contributed by atoms with Gasteiger partial charge in [-0.1, -0.05) is 0 Å². The van der Waals surface area contributed by atoms with E-state index in [1.807, 2.05) is 20.9 Å². The Kier molecular flexibility index (Phi) is 5.22. The van der Waals surface area contributed by atoms with E-state index in [2.05, 4.69) is 32.4 Å². The van der Waals surface area contributed by atoms with Gasteiger partial charge >= 0.3 is 0 Å². The van der Waals surface area contributed by atoms with Crippen LogP contribution in [-0.2, 0) is 24.9 Å². The van der Waals surface area contributed by atoms with Crippen molar-refractivity contribution in [2.75, 3.05) is 13.7 Å². The molecule has 0 aliphatic heterocycles. The number of hydrogen-bond acceptors (Lipinski definition) is 6. The van der Waals surface area contributed by atoms with Gasteiger partial charge in [0.1, 0.15) is 23.3 Å². The molecule has 1 atom stereocenters. The van der Waals surface area contributed by atoms with E-state index < -0.39 is 0 Å². The van der Waals surface area contributed by atoms with Crippen LogP contribution in [0.5, 0.6) is 0 Å². The van der Waals surface area contributed by atoms with Crippen LogP contribution < -0.4 is 0 Å². The highest BCUT2D eigenvalue weighted by Gasteiger charge is 2.12. The lowest BCUT2D eigenvalue weighted by Crippen LogP contribution is -2.20. The van der Waals surface area contributed by atoms with Crippen LogP contribution in [0.25, 0.3) is 0 Å². The zero-order chi connectivity index (χ0) is 14.5. The Hall–Kier alpha value is -1.31. The van der Waals surface area contributed by atoms with Crippen LogP contribution in [0.1, 0.15) is 36.5 Å². The van der Waals surface area contributed by atoms with Gasteiger partial charge in [-0.05, 0) is 20.9 Å². The van der Waals surface area contributed by atoms with Crippen LogP contribution in [-0.4, -0.2) is 38.3 Å². The van der Waals surface area contributed by atoms with Gasteiger partial charge in [-0.25, -0.2) is 9.97 Å². The lowest BCUT2D eigenvalue weighted by molar-refractivity contribution is 0.0760. The van der Waals surface area contributed by atoms with Crippen LogP contribution >= 0.6 is 11.3 Å². The minimum absolute atomic E-state index is 0.0720. The molecule has 2 heterocycles. The van der Waals surface area contributed by atoms with Gasteiger partial charge in [-0.15, -0.1) is 11.3 Å². The smallest absolute Gasteiger partial charge is 0.140 e. The SMILES string of the molecule is CCO[C@H](C)c1nc(CN(C)Cc2ncnn2C)cs1. The van der Waals surface area contributed by atoms with Gasteiger partial charge in [0.2, 0.25) is 0 Å². The fraction of sp³-hybridized carbons (Fsp3) is 0.615. The van der Waals surface area contributed by atoms with Gasteiger partial charge in [0.05, 0.1) is 12.2 Å². The molecule has 0 aromatic carbocycles. The van der Waals surface area contributed by atoms with Crippen molar-refractivity contribution < 1.29 is 4.74 Å². The third-order valence-corrected chi connectivity index (χ3v) is 4.04. The van der Waals surface area contributed by atoms with Crippen molar-refractivity contribution in [3.63, 3.8) is 0 Å². The number of thiazole rings is 1. The first-order chi connectivity index (χ1) is 9.60. The zero-order valence-corrected chi connectivity index (χ0v) is 13.2. The topological polar surface area (TPSA) is 56.1 Å². The van der Waals surface area contributed by atoms with Gasteiger partial charge in [-0.3, -0.25) is 9.58 Å². The van der Waals surface area contributed by atoms with Crippen LogP contribution in [0.15, 0.2) is 11.7 Å². The first-order valence-electron chi connectivity index (χ1n) is 6.67. The largest absolute Gasteiger partial charge is 0.372 e. The molecule has 0 aliphatic carbocycles. The highest BCUT2D eigenvalue weighted by Crippen LogP contribution is 2.21. The van der Waals surface area contributed by atoms with E-state index in [0.29, 0.717) is 6.61 Å². The summed E-state index contributed by atoms with van der Waals surface area (Å²) >= 11 is 1.65. The molecule has 2 aromatic rings. The normalized spacial score (nSPS) is 13.1. The quantitative estimate of drug-likeness (QED) is 0.782. The monoisotopic (exact) mass is 295 g/mol. The summed E-state index contributed by atoms with van der Waals surface area (Å²) < 4.78 is 7.35. The Morgan fingerprint density at radius 2 is 2.25 bits per heavy atom. The second-order valence-corrected chi connectivity index (χ2v) is 5.64. The molecule has 0 spiro atoms. The molecular formula is C13H21N5OS. The van der Waals surface area contributed by atoms with E-state index in [9.17, 15) is 0 Å². The van der Waals surface area contributed by atoms with Crippen molar-refractivity contribution >= 4 is 11.3 Å². The predicted octanol–water partition coefficient (Wildman–Crippen LogP) is 2.00. The lowest BCUT2D eigenvalue weighted by atomic mass is 10.4. The van der Waals surface area contributed by atoms with Crippen LogP contribution in [0, 0.1) is 0 Å². The molecule has 7 heteroatoms. The molecule has 0 saturated carbocycles. The second-order valence-electron chi connectivity index (χ2n) is 4.75. The molecular weight excluding hydrogens is 274 g/mol.